The van der Waals surface area contributed by atoms with Gasteiger partial charge in [-0.05, 0) is 49.6 Å². The maximum Gasteiger partial charge on any atom is 0.251 e. The van der Waals surface area contributed by atoms with Crippen LogP contribution in [0.1, 0.15) is 39.0 Å². The molecule has 2 aromatic rings. The number of hydrogen-bond acceptors (Lipinski definition) is 6. The Labute approximate surface area is 179 Å². The number of nitrogens with zero attached hydrogens (tertiary/aromatic N) is 2. The fourth-order valence-corrected chi connectivity index (χ4v) is 6.23. The molecule has 1 aliphatic carbocycles. The molecule has 1 aliphatic heterocycles. The minimum absolute atomic E-state index is 0.0561. The molecule has 0 bridgehead atoms. The molecule has 6 nitrogen and oxygen atoms in total. The van der Waals surface area contributed by atoms with Gasteiger partial charge in [-0.15, -0.1) is 22.7 Å². The van der Waals surface area contributed by atoms with Crippen LogP contribution in [0.4, 0.5) is 5.00 Å². The summed E-state index contributed by atoms with van der Waals surface area (Å²) in [6, 6.07) is 4.06. The first-order chi connectivity index (χ1) is 14.0. The van der Waals surface area contributed by atoms with Gasteiger partial charge in [0.1, 0.15) is 5.00 Å². The molecule has 2 amide bonds. The zero-order chi connectivity index (χ0) is 20.4. The van der Waals surface area contributed by atoms with Gasteiger partial charge in [0, 0.05) is 42.5 Å². The number of nitrogens with one attached hydrogen (secondary N) is 1. The van der Waals surface area contributed by atoms with Gasteiger partial charge in [0.25, 0.3) is 5.91 Å². The standard InChI is InChI=1S/C21H28N4O2S2/c1-14(25-11-9-24(10-12-25)8-7-15-4-3-13-28-15)20(27)23-21-18(19(22)26)16-5-2-6-17(16)29-21/h3-4,13-14H,2,5-12H2,1H3,(H2,22,26)(H,23,27). The number of carbonyl (C=O) groups excluding carboxylic acids is 2. The first-order valence-electron chi connectivity index (χ1n) is 10.3. The van der Waals surface area contributed by atoms with Gasteiger partial charge in [0.15, 0.2) is 0 Å². The van der Waals surface area contributed by atoms with E-state index in [2.05, 4.69) is 32.6 Å². The largest absolute Gasteiger partial charge is 0.365 e. The lowest BCUT2D eigenvalue weighted by atomic mass is 10.1. The zero-order valence-corrected chi connectivity index (χ0v) is 18.4. The van der Waals surface area contributed by atoms with Gasteiger partial charge in [-0.25, -0.2) is 0 Å². The lowest BCUT2D eigenvalue weighted by Crippen LogP contribution is -2.53. The summed E-state index contributed by atoms with van der Waals surface area (Å²) in [5.41, 5.74) is 7.18. The van der Waals surface area contributed by atoms with Crippen LogP contribution in [0.3, 0.4) is 0 Å². The highest BCUT2D eigenvalue weighted by Crippen LogP contribution is 2.38. The van der Waals surface area contributed by atoms with Crippen molar-refractivity contribution in [2.24, 2.45) is 5.73 Å². The van der Waals surface area contributed by atoms with E-state index in [1.54, 1.807) is 0 Å². The fraction of sp³-hybridized carbons (Fsp3) is 0.524. The van der Waals surface area contributed by atoms with Crippen LogP contribution >= 0.6 is 22.7 Å². The van der Waals surface area contributed by atoms with Crippen molar-refractivity contribution in [1.29, 1.82) is 0 Å². The van der Waals surface area contributed by atoms with Crippen LogP contribution in [0.5, 0.6) is 0 Å². The smallest absolute Gasteiger partial charge is 0.251 e. The Hall–Kier alpha value is -1.74. The summed E-state index contributed by atoms with van der Waals surface area (Å²) in [6.45, 7) is 6.72. The number of piperazine rings is 1. The molecule has 0 spiro atoms. The summed E-state index contributed by atoms with van der Waals surface area (Å²) in [5, 5.41) is 5.76. The van der Waals surface area contributed by atoms with Crippen LogP contribution in [0.15, 0.2) is 17.5 Å². The first kappa shape index (κ1) is 20.5. The molecule has 2 aliphatic rings. The summed E-state index contributed by atoms with van der Waals surface area (Å²) in [5.74, 6) is -0.494. The van der Waals surface area contributed by atoms with E-state index in [0.717, 1.165) is 64.0 Å². The summed E-state index contributed by atoms with van der Waals surface area (Å²) in [4.78, 5) is 32.1. The van der Waals surface area contributed by atoms with E-state index in [4.69, 9.17) is 5.73 Å². The lowest BCUT2D eigenvalue weighted by Gasteiger charge is -2.37. The molecular formula is C21H28N4O2S2. The second kappa shape index (κ2) is 8.95. The molecule has 0 saturated carbocycles. The summed E-state index contributed by atoms with van der Waals surface area (Å²) in [6.07, 6.45) is 4.00. The van der Waals surface area contributed by atoms with Crippen LogP contribution in [-0.4, -0.2) is 60.4 Å². The predicted molar refractivity (Wildman–Crippen MR) is 119 cm³/mol. The van der Waals surface area contributed by atoms with Crippen molar-refractivity contribution in [2.75, 3.05) is 38.0 Å². The molecule has 0 radical (unpaired) electrons. The molecule has 1 fully saturated rings. The van der Waals surface area contributed by atoms with Crippen molar-refractivity contribution in [3.63, 3.8) is 0 Å². The van der Waals surface area contributed by atoms with E-state index in [9.17, 15) is 9.59 Å². The Morgan fingerprint density at radius 3 is 2.72 bits per heavy atom. The monoisotopic (exact) mass is 432 g/mol. The molecule has 2 aromatic heterocycles. The Bertz CT molecular complexity index is 870. The number of rotatable bonds is 7. The van der Waals surface area contributed by atoms with Crippen LogP contribution in [-0.2, 0) is 24.1 Å². The SMILES string of the molecule is CC(C(=O)Nc1sc2c(c1C(N)=O)CCC2)N1CCN(CCc2cccs2)CC1. The number of carbonyl (C=O) groups is 2. The molecule has 3 heterocycles. The molecule has 29 heavy (non-hydrogen) atoms. The van der Waals surface area contributed by atoms with E-state index in [0.29, 0.717) is 10.6 Å². The fourth-order valence-electron chi connectivity index (χ4n) is 4.23. The zero-order valence-electron chi connectivity index (χ0n) is 16.8. The highest BCUT2D eigenvalue weighted by molar-refractivity contribution is 7.17. The molecule has 1 atom stereocenters. The van der Waals surface area contributed by atoms with Gasteiger partial charge in [-0.2, -0.15) is 0 Å². The van der Waals surface area contributed by atoms with E-state index in [1.165, 1.54) is 21.1 Å². The average Bonchev–Trinajstić information content (AvgIpc) is 3.43. The maximum atomic E-state index is 12.9. The molecule has 1 unspecified atom stereocenters. The number of hydrogen-bond donors (Lipinski definition) is 2. The van der Waals surface area contributed by atoms with Gasteiger partial charge < -0.3 is 16.0 Å². The van der Waals surface area contributed by atoms with Crippen molar-refractivity contribution in [3.05, 3.63) is 38.4 Å². The van der Waals surface area contributed by atoms with Gasteiger partial charge in [-0.1, -0.05) is 6.07 Å². The number of fused-ring (bicyclic) bond motifs is 1. The number of aryl methyl sites for hydroxylation is 1. The minimum atomic E-state index is -0.438. The summed E-state index contributed by atoms with van der Waals surface area (Å²) < 4.78 is 0. The molecule has 3 N–H and O–H groups in total. The van der Waals surface area contributed by atoms with Gasteiger partial charge in [0.05, 0.1) is 11.6 Å². The number of anilines is 1. The van der Waals surface area contributed by atoms with Gasteiger partial charge in [0.2, 0.25) is 5.91 Å². The van der Waals surface area contributed by atoms with Crippen LogP contribution in [0, 0.1) is 0 Å². The Morgan fingerprint density at radius 2 is 2.03 bits per heavy atom. The predicted octanol–water partition coefficient (Wildman–Crippen LogP) is 2.58. The van der Waals surface area contributed by atoms with Crippen molar-refractivity contribution in [3.8, 4) is 0 Å². The third-order valence-electron chi connectivity index (χ3n) is 5.99. The lowest BCUT2D eigenvalue weighted by molar-refractivity contribution is -0.121. The van der Waals surface area contributed by atoms with Crippen LogP contribution in [0.2, 0.25) is 0 Å². The van der Waals surface area contributed by atoms with E-state index < -0.39 is 5.91 Å². The average molecular weight is 433 g/mol. The molecular weight excluding hydrogens is 404 g/mol. The first-order valence-corrected chi connectivity index (χ1v) is 12.0. The highest BCUT2D eigenvalue weighted by Gasteiger charge is 2.29. The second-order valence-electron chi connectivity index (χ2n) is 7.80. The topological polar surface area (TPSA) is 78.7 Å². The Morgan fingerprint density at radius 1 is 1.24 bits per heavy atom. The molecule has 156 valence electrons. The van der Waals surface area contributed by atoms with Crippen molar-refractivity contribution >= 4 is 39.5 Å². The summed E-state index contributed by atoms with van der Waals surface area (Å²) >= 11 is 3.33. The Kier molecular flexibility index (Phi) is 6.34. The number of amides is 2. The van der Waals surface area contributed by atoms with Crippen LogP contribution in [0.25, 0.3) is 0 Å². The van der Waals surface area contributed by atoms with Crippen molar-refractivity contribution in [2.45, 2.75) is 38.6 Å². The van der Waals surface area contributed by atoms with Crippen molar-refractivity contribution in [1.82, 2.24) is 9.80 Å². The van der Waals surface area contributed by atoms with Crippen LogP contribution < -0.4 is 11.1 Å². The quantitative estimate of drug-likeness (QED) is 0.705. The summed E-state index contributed by atoms with van der Waals surface area (Å²) in [7, 11) is 0. The number of primary amides is 1. The molecule has 4 rings (SSSR count). The van der Waals surface area contributed by atoms with E-state index in [1.807, 2.05) is 18.3 Å². The van der Waals surface area contributed by atoms with Gasteiger partial charge >= 0.3 is 0 Å². The minimum Gasteiger partial charge on any atom is -0.365 e. The normalized spacial score (nSPS) is 18.5. The number of thiophene rings is 2. The molecule has 1 saturated heterocycles. The maximum absolute atomic E-state index is 12.9. The van der Waals surface area contributed by atoms with Crippen molar-refractivity contribution < 1.29 is 9.59 Å². The Balaban J connectivity index is 1.31. The van der Waals surface area contributed by atoms with E-state index >= 15 is 0 Å². The van der Waals surface area contributed by atoms with Gasteiger partial charge in [-0.3, -0.25) is 14.5 Å². The third kappa shape index (κ3) is 4.55. The molecule has 0 aromatic carbocycles. The number of nitrogens with two attached hydrogens (primary N) is 1. The highest BCUT2D eigenvalue weighted by atomic mass is 32.1. The van der Waals surface area contributed by atoms with E-state index in [-0.39, 0.29) is 11.9 Å². The third-order valence-corrected chi connectivity index (χ3v) is 8.14. The second-order valence-corrected chi connectivity index (χ2v) is 9.94. The molecule has 8 heteroatoms.